The maximum Gasteiger partial charge on any atom is 0.144 e. The van der Waals surface area contributed by atoms with E-state index in [1.165, 1.54) is 0 Å². The lowest BCUT2D eigenvalue weighted by molar-refractivity contribution is 0.823. The van der Waals surface area contributed by atoms with Crippen LogP contribution in [0.1, 0.15) is 31.0 Å². The molecule has 0 spiro atoms. The molecule has 3 nitrogen and oxygen atoms in total. The fourth-order valence-electron chi connectivity index (χ4n) is 1.19. The first-order chi connectivity index (χ1) is 7.19. The molecule has 0 saturated carbocycles. The van der Waals surface area contributed by atoms with Crippen LogP contribution in [0.5, 0.6) is 0 Å². The van der Waals surface area contributed by atoms with Gasteiger partial charge in [-0.15, -0.1) is 6.58 Å². The number of nitriles is 1. The maximum atomic E-state index is 8.89. The Hall–Kier alpha value is -1.82. The third-order valence-corrected chi connectivity index (χ3v) is 2.04. The highest BCUT2D eigenvalue weighted by Gasteiger charge is 2.06. The van der Waals surface area contributed by atoms with Gasteiger partial charge in [-0.2, -0.15) is 5.26 Å². The second-order valence-corrected chi connectivity index (χ2v) is 3.57. The highest BCUT2D eigenvalue weighted by molar-refractivity contribution is 5.52. The van der Waals surface area contributed by atoms with Gasteiger partial charge in [0.15, 0.2) is 0 Å². The van der Waals surface area contributed by atoms with Crippen molar-refractivity contribution in [3.8, 4) is 6.07 Å². The Balaban J connectivity index is 3.03. The second kappa shape index (κ2) is 5.16. The predicted octanol–water partition coefficient (Wildman–Crippen LogP) is 2.67. The summed E-state index contributed by atoms with van der Waals surface area (Å²) in [6.45, 7) is 8.38. The summed E-state index contributed by atoms with van der Waals surface area (Å²) in [6, 6.07) is 5.80. The van der Waals surface area contributed by atoms with Gasteiger partial charge in [0, 0.05) is 12.2 Å². The fourth-order valence-corrected chi connectivity index (χ4v) is 1.19. The quantitative estimate of drug-likeness (QED) is 0.762. The smallest absolute Gasteiger partial charge is 0.144 e. The number of anilines is 1. The lowest BCUT2D eigenvalue weighted by Gasteiger charge is -2.09. The van der Waals surface area contributed by atoms with Crippen LogP contribution in [0.3, 0.4) is 0 Å². The first-order valence-corrected chi connectivity index (χ1v) is 4.94. The van der Waals surface area contributed by atoms with Crippen LogP contribution < -0.4 is 5.32 Å². The van der Waals surface area contributed by atoms with Gasteiger partial charge in [-0.05, 0) is 18.1 Å². The van der Waals surface area contributed by atoms with Crippen molar-refractivity contribution in [1.29, 1.82) is 5.26 Å². The minimum Gasteiger partial charge on any atom is -0.366 e. The summed E-state index contributed by atoms with van der Waals surface area (Å²) in [5.74, 6) is 1.01. The van der Waals surface area contributed by atoms with Gasteiger partial charge in [-0.25, -0.2) is 4.98 Å². The number of hydrogen-bond donors (Lipinski definition) is 1. The van der Waals surface area contributed by atoms with E-state index in [-0.39, 0.29) is 0 Å². The SMILES string of the molecule is C=CCNc1nc(C(C)C)ccc1C#N. The van der Waals surface area contributed by atoms with Crippen LogP contribution in [0.25, 0.3) is 0 Å². The van der Waals surface area contributed by atoms with E-state index in [4.69, 9.17) is 5.26 Å². The molecule has 1 rings (SSSR count). The van der Waals surface area contributed by atoms with Crippen molar-refractivity contribution >= 4 is 5.82 Å². The average Bonchev–Trinajstić information content (AvgIpc) is 2.25. The van der Waals surface area contributed by atoms with Gasteiger partial charge in [0.25, 0.3) is 0 Å². The zero-order valence-electron chi connectivity index (χ0n) is 9.12. The van der Waals surface area contributed by atoms with Crippen LogP contribution in [0, 0.1) is 11.3 Å². The number of aromatic nitrogens is 1. The second-order valence-electron chi connectivity index (χ2n) is 3.57. The van der Waals surface area contributed by atoms with Crippen LogP contribution >= 0.6 is 0 Å². The van der Waals surface area contributed by atoms with E-state index in [1.54, 1.807) is 12.1 Å². The summed E-state index contributed by atoms with van der Waals surface area (Å²) in [5.41, 5.74) is 1.56. The Morgan fingerprint density at radius 3 is 2.87 bits per heavy atom. The molecule has 0 saturated heterocycles. The molecule has 0 radical (unpaired) electrons. The summed E-state index contributed by atoms with van der Waals surface area (Å²) in [5, 5.41) is 11.9. The average molecular weight is 201 g/mol. The Kier molecular flexibility index (Phi) is 3.87. The number of nitrogens with one attached hydrogen (secondary N) is 1. The van der Waals surface area contributed by atoms with Crippen molar-refractivity contribution in [1.82, 2.24) is 4.98 Å². The zero-order valence-corrected chi connectivity index (χ0v) is 9.12. The first-order valence-electron chi connectivity index (χ1n) is 4.94. The molecule has 1 heterocycles. The topological polar surface area (TPSA) is 48.7 Å². The Morgan fingerprint density at radius 2 is 2.33 bits per heavy atom. The van der Waals surface area contributed by atoms with Gasteiger partial charge >= 0.3 is 0 Å². The van der Waals surface area contributed by atoms with E-state index >= 15 is 0 Å². The lowest BCUT2D eigenvalue weighted by Crippen LogP contribution is -2.05. The van der Waals surface area contributed by atoms with Gasteiger partial charge in [0.2, 0.25) is 0 Å². The summed E-state index contributed by atoms with van der Waals surface area (Å²) >= 11 is 0. The summed E-state index contributed by atoms with van der Waals surface area (Å²) in [4.78, 5) is 4.40. The largest absolute Gasteiger partial charge is 0.366 e. The first kappa shape index (κ1) is 11.3. The van der Waals surface area contributed by atoms with Crippen molar-refractivity contribution in [2.75, 3.05) is 11.9 Å². The molecular weight excluding hydrogens is 186 g/mol. The summed E-state index contributed by atoms with van der Waals surface area (Å²) in [7, 11) is 0. The van der Waals surface area contributed by atoms with Gasteiger partial charge in [0.05, 0.1) is 5.56 Å². The van der Waals surface area contributed by atoms with Gasteiger partial charge in [0.1, 0.15) is 11.9 Å². The van der Waals surface area contributed by atoms with E-state index in [9.17, 15) is 0 Å². The number of hydrogen-bond acceptors (Lipinski definition) is 3. The number of nitrogens with zero attached hydrogens (tertiary/aromatic N) is 2. The molecule has 1 aromatic rings. The lowest BCUT2D eigenvalue weighted by atomic mass is 10.1. The molecule has 0 aliphatic heterocycles. The van der Waals surface area contributed by atoms with Crippen molar-refractivity contribution in [3.05, 3.63) is 36.0 Å². The molecular formula is C12H15N3. The molecule has 0 aromatic carbocycles. The third-order valence-electron chi connectivity index (χ3n) is 2.04. The van der Waals surface area contributed by atoms with Gasteiger partial charge in [-0.3, -0.25) is 0 Å². The van der Waals surface area contributed by atoms with Crippen molar-refractivity contribution in [2.24, 2.45) is 0 Å². The van der Waals surface area contributed by atoms with Crippen LogP contribution in [0.2, 0.25) is 0 Å². The molecule has 0 aliphatic rings. The van der Waals surface area contributed by atoms with Crippen LogP contribution in [0.15, 0.2) is 24.8 Å². The highest BCUT2D eigenvalue weighted by Crippen LogP contribution is 2.17. The van der Waals surface area contributed by atoms with E-state index in [0.29, 0.717) is 23.8 Å². The molecule has 0 atom stereocenters. The molecule has 78 valence electrons. The van der Waals surface area contributed by atoms with Crippen LogP contribution in [-0.4, -0.2) is 11.5 Å². The Bertz CT molecular complexity index is 388. The Morgan fingerprint density at radius 1 is 1.60 bits per heavy atom. The minimum atomic E-state index is 0.363. The summed E-state index contributed by atoms with van der Waals surface area (Å²) in [6.07, 6.45) is 1.74. The van der Waals surface area contributed by atoms with Gasteiger partial charge in [-0.1, -0.05) is 19.9 Å². The normalized spacial score (nSPS) is 9.73. The van der Waals surface area contributed by atoms with Crippen molar-refractivity contribution in [2.45, 2.75) is 19.8 Å². The van der Waals surface area contributed by atoms with Gasteiger partial charge < -0.3 is 5.32 Å². The standard InChI is InChI=1S/C12H15N3/c1-4-7-14-12-10(8-13)5-6-11(15-12)9(2)3/h4-6,9H,1,7H2,2-3H3,(H,14,15). The molecule has 0 aliphatic carbocycles. The molecule has 1 N–H and O–H groups in total. The van der Waals surface area contributed by atoms with Crippen LogP contribution in [0.4, 0.5) is 5.82 Å². The third kappa shape index (κ3) is 2.81. The molecule has 3 heteroatoms. The molecule has 0 bridgehead atoms. The minimum absolute atomic E-state index is 0.363. The monoisotopic (exact) mass is 201 g/mol. The van der Waals surface area contributed by atoms with Crippen molar-refractivity contribution in [3.63, 3.8) is 0 Å². The highest BCUT2D eigenvalue weighted by atomic mass is 15.0. The molecule has 0 amide bonds. The van der Waals surface area contributed by atoms with Crippen molar-refractivity contribution < 1.29 is 0 Å². The fraction of sp³-hybridized carbons (Fsp3) is 0.333. The van der Waals surface area contributed by atoms with E-state index in [0.717, 1.165) is 5.69 Å². The molecule has 1 aromatic heterocycles. The van der Waals surface area contributed by atoms with Crippen LogP contribution in [-0.2, 0) is 0 Å². The molecule has 15 heavy (non-hydrogen) atoms. The van der Waals surface area contributed by atoms with E-state index in [2.05, 4.69) is 36.8 Å². The van der Waals surface area contributed by atoms with E-state index in [1.807, 2.05) is 6.07 Å². The molecule has 0 unspecified atom stereocenters. The number of rotatable bonds is 4. The molecule has 0 fully saturated rings. The van der Waals surface area contributed by atoms with E-state index < -0.39 is 0 Å². The predicted molar refractivity (Wildman–Crippen MR) is 61.7 cm³/mol. The maximum absolute atomic E-state index is 8.89. The zero-order chi connectivity index (χ0) is 11.3. The Labute approximate surface area is 90.5 Å². The summed E-state index contributed by atoms with van der Waals surface area (Å²) < 4.78 is 0. The number of pyridine rings is 1.